The number of hydrogen-bond donors (Lipinski definition) is 1. The van der Waals surface area contributed by atoms with Gasteiger partial charge in [0.25, 0.3) is 0 Å². The van der Waals surface area contributed by atoms with Gasteiger partial charge in [0.1, 0.15) is 19.0 Å². The molecule has 0 atom stereocenters. The summed E-state index contributed by atoms with van der Waals surface area (Å²) in [5.74, 6) is 0.602. The van der Waals surface area contributed by atoms with Crippen molar-refractivity contribution in [2.24, 2.45) is 5.73 Å². The van der Waals surface area contributed by atoms with E-state index in [4.69, 9.17) is 15.2 Å². The maximum absolute atomic E-state index is 13.3. The van der Waals surface area contributed by atoms with Gasteiger partial charge in [0.15, 0.2) is 11.6 Å². The SMILES string of the molecule is NCc1ccccc1OCCOc1ccccc1F. The van der Waals surface area contributed by atoms with Crippen molar-refractivity contribution in [1.29, 1.82) is 0 Å². The van der Waals surface area contributed by atoms with Gasteiger partial charge in [-0.25, -0.2) is 4.39 Å². The zero-order valence-electron chi connectivity index (χ0n) is 10.5. The Labute approximate surface area is 111 Å². The molecule has 2 rings (SSSR count). The van der Waals surface area contributed by atoms with Crippen molar-refractivity contribution < 1.29 is 13.9 Å². The molecule has 100 valence electrons. The second-order valence-corrected chi connectivity index (χ2v) is 3.94. The molecule has 0 saturated heterocycles. The normalized spacial score (nSPS) is 10.2. The molecule has 0 aromatic heterocycles. The molecule has 0 amide bonds. The Morgan fingerprint density at radius 1 is 0.842 bits per heavy atom. The van der Waals surface area contributed by atoms with Crippen LogP contribution in [0, 0.1) is 5.82 Å². The van der Waals surface area contributed by atoms with Gasteiger partial charge in [0, 0.05) is 12.1 Å². The average Bonchev–Trinajstić information content (AvgIpc) is 2.45. The zero-order chi connectivity index (χ0) is 13.5. The van der Waals surface area contributed by atoms with Crippen molar-refractivity contribution >= 4 is 0 Å². The monoisotopic (exact) mass is 261 g/mol. The molecule has 4 heteroatoms. The highest BCUT2D eigenvalue weighted by atomic mass is 19.1. The van der Waals surface area contributed by atoms with Gasteiger partial charge in [0.05, 0.1) is 0 Å². The second-order valence-electron chi connectivity index (χ2n) is 3.94. The van der Waals surface area contributed by atoms with Crippen LogP contribution in [0.25, 0.3) is 0 Å². The molecule has 19 heavy (non-hydrogen) atoms. The second kappa shape index (κ2) is 6.75. The highest BCUT2D eigenvalue weighted by Gasteiger charge is 2.03. The van der Waals surface area contributed by atoms with Gasteiger partial charge in [-0.3, -0.25) is 0 Å². The number of para-hydroxylation sites is 2. The number of benzene rings is 2. The first-order chi connectivity index (χ1) is 9.31. The van der Waals surface area contributed by atoms with Gasteiger partial charge < -0.3 is 15.2 Å². The lowest BCUT2D eigenvalue weighted by Gasteiger charge is -2.11. The highest BCUT2D eigenvalue weighted by Crippen LogP contribution is 2.18. The predicted octanol–water partition coefficient (Wildman–Crippen LogP) is 2.74. The number of nitrogens with two attached hydrogens (primary N) is 1. The summed E-state index contributed by atoms with van der Waals surface area (Å²) >= 11 is 0. The quantitative estimate of drug-likeness (QED) is 0.813. The third kappa shape index (κ3) is 3.69. The predicted molar refractivity (Wildman–Crippen MR) is 71.7 cm³/mol. The van der Waals surface area contributed by atoms with Crippen LogP contribution in [0.2, 0.25) is 0 Å². The Morgan fingerprint density at radius 3 is 2.11 bits per heavy atom. The lowest BCUT2D eigenvalue weighted by Crippen LogP contribution is -2.11. The molecule has 0 aliphatic carbocycles. The van der Waals surface area contributed by atoms with E-state index >= 15 is 0 Å². The molecule has 0 aliphatic heterocycles. The molecule has 0 bridgehead atoms. The van der Waals surface area contributed by atoms with E-state index in [9.17, 15) is 4.39 Å². The third-order valence-corrected chi connectivity index (χ3v) is 2.63. The van der Waals surface area contributed by atoms with Gasteiger partial charge in [-0.05, 0) is 18.2 Å². The standard InChI is InChI=1S/C15H16FNO2/c16-13-6-2-4-8-15(13)19-10-9-18-14-7-3-1-5-12(14)11-17/h1-8H,9-11,17H2. The summed E-state index contributed by atoms with van der Waals surface area (Å²) < 4.78 is 24.1. The summed E-state index contributed by atoms with van der Waals surface area (Å²) in [6, 6.07) is 13.8. The van der Waals surface area contributed by atoms with Crippen LogP contribution in [-0.4, -0.2) is 13.2 Å². The number of ether oxygens (including phenoxy) is 2. The molecular weight excluding hydrogens is 245 g/mol. The Bertz CT molecular complexity index is 531. The van der Waals surface area contributed by atoms with Crippen LogP contribution in [-0.2, 0) is 6.54 Å². The Balaban J connectivity index is 1.83. The van der Waals surface area contributed by atoms with Crippen molar-refractivity contribution in [2.45, 2.75) is 6.54 Å². The van der Waals surface area contributed by atoms with Crippen LogP contribution in [0.4, 0.5) is 4.39 Å². The fraction of sp³-hybridized carbons (Fsp3) is 0.200. The fourth-order valence-electron chi connectivity index (χ4n) is 1.68. The molecule has 2 N–H and O–H groups in total. The summed E-state index contributed by atoms with van der Waals surface area (Å²) in [7, 11) is 0. The molecule has 0 spiro atoms. The Hall–Kier alpha value is -2.07. The minimum atomic E-state index is -0.371. The van der Waals surface area contributed by atoms with E-state index in [-0.39, 0.29) is 18.2 Å². The van der Waals surface area contributed by atoms with Crippen LogP contribution >= 0.6 is 0 Å². The van der Waals surface area contributed by atoms with Crippen molar-refractivity contribution in [3.63, 3.8) is 0 Å². The topological polar surface area (TPSA) is 44.5 Å². The van der Waals surface area contributed by atoms with E-state index in [1.54, 1.807) is 18.2 Å². The molecule has 0 fully saturated rings. The summed E-state index contributed by atoms with van der Waals surface area (Å²) in [6.45, 7) is 1.04. The van der Waals surface area contributed by atoms with Gasteiger partial charge in [0.2, 0.25) is 0 Å². The zero-order valence-corrected chi connectivity index (χ0v) is 10.5. The average molecular weight is 261 g/mol. The molecule has 3 nitrogen and oxygen atoms in total. The molecule has 2 aromatic carbocycles. The maximum atomic E-state index is 13.3. The van der Waals surface area contributed by atoms with Crippen molar-refractivity contribution in [2.75, 3.05) is 13.2 Å². The summed E-state index contributed by atoms with van der Waals surface area (Å²) in [4.78, 5) is 0. The molecule has 0 saturated carbocycles. The summed E-state index contributed by atoms with van der Waals surface area (Å²) in [6.07, 6.45) is 0. The lowest BCUT2D eigenvalue weighted by molar-refractivity contribution is 0.210. The lowest BCUT2D eigenvalue weighted by atomic mass is 10.2. The van der Waals surface area contributed by atoms with Gasteiger partial charge in [-0.15, -0.1) is 0 Å². The van der Waals surface area contributed by atoms with Crippen LogP contribution in [0.3, 0.4) is 0 Å². The highest BCUT2D eigenvalue weighted by molar-refractivity contribution is 5.33. The largest absolute Gasteiger partial charge is 0.490 e. The van der Waals surface area contributed by atoms with Crippen LogP contribution < -0.4 is 15.2 Å². The Morgan fingerprint density at radius 2 is 1.42 bits per heavy atom. The third-order valence-electron chi connectivity index (χ3n) is 2.63. The molecule has 0 unspecified atom stereocenters. The first-order valence-corrected chi connectivity index (χ1v) is 6.09. The van der Waals surface area contributed by atoms with E-state index in [0.717, 1.165) is 11.3 Å². The summed E-state index contributed by atoms with van der Waals surface area (Å²) in [5, 5.41) is 0. The minimum Gasteiger partial charge on any atom is -0.490 e. The number of halogens is 1. The van der Waals surface area contributed by atoms with E-state index in [2.05, 4.69) is 0 Å². The first-order valence-electron chi connectivity index (χ1n) is 6.09. The van der Waals surface area contributed by atoms with Crippen LogP contribution in [0.15, 0.2) is 48.5 Å². The fourth-order valence-corrected chi connectivity index (χ4v) is 1.68. The minimum absolute atomic E-state index is 0.234. The van der Waals surface area contributed by atoms with E-state index in [1.165, 1.54) is 6.07 Å². The smallest absolute Gasteiger partial charge is 0.165 e. The van der Waals surface area contributed by atoms with Crippen LogP contribution in [0.1, 0.15) is 5.56 Å². The van der Waals surface area contributed by atoms with Gasteiger partial charge in [-0.2, -0.15) is 0 Å². The molecule has 2 aromatic rings. The van der Waals surface area contributed by atoms with Crippen LogP contribution in [0.5, 0.6) is 11.5 Å². The van der Waals surface area contributed by atoms with E-state index in [0.29, 0.717) is 13.2 Å². The van der Waals surface area contributed by atoms with Gasteiger partial charge >= 0.3 is 0 Å². The van der Waals surface area contributed by atoms with Crippen molar-refractivity contribution in [1.82, 2.24) is 0 Å². The molecular formula is C15H16FNO2. The number of rotatable bonds is 6. The maximum Gasteiger partial charge on any atom is 0.165 e. The molecule has 0 aliphatic rings. The van der Waals surface area contributed by atoms with E-state index < -0.39 is 0 Å². The Kier molecular flexibility index (Phi) is 4.75. The van der Waals surface area contributed by atoms with E-state index in [1.807, 2.05) is 24.3 Å². The van der Waals surface area contributed by atoms with Crippen molar-refractivity contribution in [3.8, 4) is 11.5 Å². The number of hydrogen-bond acceptors (Lipinski definition) is 3. The summed E-state index contributed by atoms with van der Waals surface area (Å²) in [5.41, 5.74) is 6.54. The molecule has 0 heterocycles. The van der Waals surface area contributed by atoms with Crippen molar-refractivity contribution in [3.05, 3.63) is 59.9 Å². The van der Waals surface area contributed by atoms with Gasteiger partial charge in [-0.1, -0.05) is 30.3 Å². The molecule has 0 radical (unpaired) electrons. The first kappa shape index (κ1) is 13.4.